The molecule has 4 rings (SSSR count). The number of carbonyl (C=O) groups excluding carboxylic acids is 1. The molecule has 3 aromatic rings. The Bertz CT molecular complexity index is 1040. The van der Waals surface area contributed by atoms with Gasteiger partial charge in [0, 0.05) is 31.0 Å². The predicted octanol–water partition coefficient (Wildman–Crippen LogP) is 3.11. The Morgan fingerprint density at radius 2 is 1.86 bits per heavy atom. The molecule has 9 heteroatoms. The molecule has 1 saturated heterocycles. The van der Waals surface area contributed by atoms with Crippen molar-refractivity contribution in [2.45, 2.75) is 6.42 Å². The summed E-state index contributed by atoms with van der Waals surface area (Å²) in [6.45, 7) is 1.03. The quantitative estimate of drug-likeness (QED) is 0.706. The maximum Gasteiger partial charge on any atom is 0.323 e. The van der Waals surface area contributed by atoms with E-state index in [0.717, 1.165) is 12.4 Å². The lowest BCUT2D eigenvalue weighted by molar-refractivity contribution is 0.129. The number of amides is 2. The van der Waals surface area contributed by atoms with Gasteiger partial charge < -0.3 is 10.6 Å². The van der Waals surface area contributed by atoms with Gasteiger partial charge in [-0.15, -0.1) is 0 Å². The first-order valence-corrected chi connectivity index (χ1v) is 9.03. The normalized spacial score (nSPS) is 13.8. The van der Waals surface area contributed by atoms with E-state index in [1.54, 1.807) is 35.2 Å². The van der Waals surface area contributed by atoms with Gasteiger partial charge in [0.25, 0.3) is 0 Å². The number of pyridine rings is 1. The van der Waals surface area contributed by atoms with Gasteiger partial charge in [0.15, 0.2) is 11.6 Å². The Hall–Kier alpha value is -3.62. The molecule has 3 N–H and O–H groups in total. The number of halogens is 2. The molecule has 0 saturated carbocycles. The van der Waals surface area contributed by atoms with Crippen LogP contribution in [0.1, 0.15) is 5.82 Å². The van der Waals surface area contributed by atoms with E-state index in [-0.39, 0.29) is 23.5 Å². The Balaban J connectivity index is 1.38. The zero-order valence-corrected chi connectivity index (χ0v) is 15.3. The van der Waals surface area contributed by atoms with Crippen LogP contribution in [-0.2, 0) is 6.42 Å². The van der Waals surface area contributed by atoms with Crippen molar-refractivity contribution in [3.63, 3.8) is 0 Å². The van der Waals surface area contributed by atoms with Gasteiger partial charge in [0.1, 0.15) is 11.6 Å². The van der Waals surface area contributed by atoms with Crippen molar-refractivity contribution < 1.29 is 13.6 Å². The molecule has 0 unspecified atom stereocenters. The number of aromatic nitrogens is 3. The number of likely N-dealkylation sites (tertiary alicyclic amines) is 1. The molecule has 3 heterocycles. The third-order valence-electron chi connectivity index (χ3n) is 4.69. The highest BCUT2D eigenvalue weighted by atomic mass is 19.1. The summed E-state index contributed by atoms with van der Waals surface area (Å²) in [4.78, 5) is 26.2. The standard InChI is InChI=1S/C20H18F2N6O/c21-13-8-24-18(25-9-13)7-12-10-28(11-12)20(29)27-19-16(23)5-6-17(26-19)14-3-1-2-4-15(14)22/h1-6,8-9,12H,7,10-11,23H2,(H,26,27,29). The van der Waals surface area contributed by atoms with Crippen molar-refractivity contribution in [1.29, 1.82) is 0 Å². The zero-order valence-electron chi connectivity index (χ0n) is 15.3. The Labute approximate surface area is 165 Å². The van der Waals surface area contributed by atoms with Crippen LogP contribution in [-0.4, -0.2) is 39.0 Å². The number of nitrogen functional groups attached to an aromatic ring is 1. The van der Waals surface area contributed by atoms with Crippen molar-refractivity contribution in [3.8, 4) is 11.3 Å². The molecule has 0 aliphatic carbocycles. The van der Waals surface area contributed by atoms with Crippen LogP contribution in [0.2, 0.25) is 0 Å². The fraction of sp³-hybridized carbons (Fsp3) is 0.200. The number of nitrogens with zero attached hydrogens (tertiary/aromatic N) is 4. The number of nitrogens with one attached hydrogen (secondary N) is 1. The maximum atomic E-state index is 14.0. The summed E-state index contributed by atoms with van der Waals surface area (Å²) in [6.07, 6.45) is 2.82. The molecule has 2 aromatic heterocycles. The highest BCUT2D eigenvalue weighted by Gasteiger charge is 2.31. The minimum Gasteiger partial charge on any atom is -0.396 e. The van der Waals surface area contributed by atoms with Gasteiger partial charge in [-0.25, -0.2) is 28.5 Å². The van der Waals surface area contributed by atoms with Crippen LogP contribution >= 0.6 is 0 Å². The first-order valence-electron chi connectivity index (χ1n) is 9.03. The average Bonchev–Trinajstić information content (AvgIpc) is 2.68. The molecule has 148 valence electrons. The van der Waals surface area contributed by atoms with Crippen molar-refractivity contribution in [2.24, 2.45) is 5.92 Å². The summed E-state index contributed by atoms with van der Waals surface area (Å²) in [7, 11) is 0. The highest BCUT2D eigenvalue weighted by Crippen LogP contribution is 2.26. The molecule has 1 aliphatic heterocycles. The van der Waals surface area contributed by atoms with Crippen LogP contribution in [0, 0.1) is 17.6 Å². The number of hydrogen-bond donors (Lipinski definition) is 2. The van der Waals surface area contributed by atoms with E-state index in [1.165, 1.54) is 6.07 Å². The molecule has 0 radical (unpaired) electrons. The molecule has 0 atom stereocenters. The number of hydrogen-bond acceptors (Lipinski definition) is 5. The van der Waals surface area contributed by atoms with E-state index in [4.69, 9.17) is 5.73 Å². The Morgan fingerprint density at radius 3 is 2.59 bits per heavy atom. The molecule has 1 aliphatic rings. The number of rotatable bonds is 4. The fourth-order valence-corrected chi connectivity index (χ4v) is 3.14. The topological polar surface area (TPSA) is 97.0 Å². The van der Waals surface area contributed by atoms with Gasteiger partial charge in [-0.2, -0.15) is 0 Å². The zero-order chi connectivity index (χ0) is 20.4. The van der Waals surface area contributed by atoms with E-state index in [1.807, 2.05) is 0 Å². The number of benzene rings is 1. The molecule has 2 amide bonds. The SMILES string of the molecule is Nc1ccc(-c2ccccc2F)nc1NC(=O)N1CC(Cc2ncc(F)cn2)C1. The van der Waals surface area contributed by atoms with E-state index in [0.29, 0.717) is 36.6 Å². The lowest BCUT2D eigenvalue weighted by Crippen LogP contribution is -2.52. The summed E-state index contributed by atoms with van der Waals surface area (Å²) in [5.41, 5.74) is 6.91. The monoisotopic (exact) mass is 396 g/mol. The number of anilines is 2. The Morgan fingerprint density at radius 1 is 1.14 bits per heavy atom. The third kappa shape index (κ3) is 4.13. The molecule has 1 fully saturated rings. The summed E-state index contributed by atoms with van der Waals surface area (Å²) in [5, 5.41) is 2.68. The minimum atomic E-state index is -0.480. The van der Waals surface area contributed by atoms with Crippen molar-refractivity contribution in [2.75, 3.05) is 24.1 Å². The van der Waals surface area contributed by atoms with Crippen LogP contribution < -0.4 is 11.1 Å². The van der Waals surface area contributed by atoms with E-state index in [9.17, 15) is 13.6 Å². The van der Waals surface area contributed by atoms with E-state index < -0.39 is 11.6 Å². The summed E-state index contributed by atoms with van der Waals surface area (Å²) < 4.78 is 26.9. The minimum absolute atomic E-state index is 0.182. The molecular weight excluding hydrogens is 378 g/mol. The first-order chi connectivity index (χ1) is 14.0. The van der Waals surface area contributed by atoms with Gasteiger partial charge in [-0.3, -0.25) is 5.32 Å². The smallest absolute Gasteiger partial charge is 0.323 e. The Kier molecular flexibility index (Phi) is 5.03. The summed E-state index contributed by atoms with van der Waals surface area (Å²) in [5.74, 6) is 0.0315. The lowest BCUT2D eigenvalue weighted by Gasteiger charge is -2.38. The number of urea groups is 1. The van der Waals surface area contributed by atoms with Crippen LogP contribution in [0.15, 0.2) is 48.8 Å². The van der Waals surface area contributed by atoms with E-state index in [2.05, 4.69) is 20.3 Å². The predicted molar refractivity (Wildman–Crippen MR) is 104 cm³/mol. The second-order valence-electron chi connectivity index (χ2n) is 6.84. The van der Waals surface area contributed by atoms with Gasteiger partial charge in [-0.1, -0.05) is 12.1 Å². The van der Waals surface area contributed by atoms with E-state index >= 15 is 0 Å². The second kappa shape index (κ2) is 7.78. The second-order valence-corrected chi connectivity index (χ2v) is 6.84. The van der Waals surface area contributed by atoms with Crippen LogP contribution in [0.25, 0.3) is 11.3 Å². The third-order valence-corrected chi connectivity index (χ3v) is 4.69. The maximum absolute atomic E-state index is 14.0. The molecule has 0 spiro atoms. The summed E-state index contributed by atoms with van der Waals surface area (Å²) in [6, 6.07) is 9.09. The van der Waals surface area contributed by atoms with Crippen molar-refractivity contribution in [3.05, 3.63) is 66.3 Å². The van der Waals surface area contributed by atoms with Crippen LogP contribution in [0.5, 0.6) is 0 Å². The van der Waals surface area contributed by atoms with Crippen molar-refractivity contribution in [1.82, 2.24) is 19.9 Å². The van der Waals surface area contributed by atoms with Crippen LogP contribution in [0.4, 0.5) is 25.1 Å². The van der Waals surface area contributed by atoms with Crippen LogP contribution in [0.3, 0.4) is 0 Å². The fourth-order valence-electron chi connectivity index (χ4n) is 3.14. The average molecular weight is 396 g/mol. The van der Waals surface area contributed by atoms with Gasteiger partial charge in [-0.05, 0) is 24.3 Å². The van der Waals surface area contributed by atoms with Gasteiger partial charge >= 0.3 is 6.03 Å². The van der Waals surface area contributed by atoms with Gasteiger partial charge in [0.05, 0.1) is 23.8 Å². The summed E-state index contributed by atoms with van der Waals surface area (Å²) >= 11 is 0. The highest BCUT2D eigenvalue weighted by molar-refractivity contribution is 5.92. The largest absolute Gasteiger partial charge is 0.396 e. The molecule has 0 bridgehead atoms. The lowest BCUT2D eigenvalue weighted by atomic mass is 9.96. The van der Waals surface area contributed by atoms with Gasteiger partial charge in [0.2, 0.25) is 0 Å². The molecular formula is C20H18F2N6O. The van der Waals surface area contributed by atoms with Crippen molar-refractivity contribution >= 4 is 17.5 Å². The molecule has 7 nitrogen and oxygen atoms in total. The molecule has 29 heavy (non-hydrogen) atoms. The molecule has 1 aromatic carbocycles. The number of nitrogens with two attached hydrogens (primary N) is 1. The number of carbonyl (C=O) groups is 1. The first kappa shape index (κ1) is 18.7.